The van der Waals surface area contributed by atoms with Gasteiger partial charge in [-0.3, -0.25) is 19.4 Å². The molecule has 0 aliphatic rings. The summed E-state index contributed by atoms with van der Waals surface area (Å²) < 4.78 is 0. The van der Waals surface area contributed by atoms with Gasteiger partial charge in [-0.25, -0.2) is 4.79 Å². The van der Waals surface area contributed by atoms with E-state index in [0.717, 1.165) is 22.0 Å². The fourth-order valence-corrected chi connectivity index (χ4v) is 4.41. The normalized spacial score (nSPS) is 13.8. The molecule has 4 unspecified atom stereocenters. The van der Waals surface area contributed by atoms with Crippen molar-refractivity contribution in [3.63, 3.8) is 0 Å². The second kappa shape index (κ2) is 15.2. The number of carbonyl (C=O) groups is 4. The lowest BCUT2D eigenvalue weighted by Gasteiger charge is -2.23. The second-order valence-electron chi connectivity index (χ2n) is 10.00. The van der Waals surface area contributed by atoms with Crippen molar-refractivity contribution < 1.29 is 24.3 Å². The van der Waals surface area contributed by atoms with E-state index in [1.165, 1.54) is 6.92 Å². The Kier molecular flexibility index (Phi) is 11.4. The van der Waals surface area contributed by atoms with Crippen molar-refractivity contribution in [3.8, 4) is 0 Å². The number of carboxylic acids is 1. The number of hydrogen-bond donors (Lipinski definition) is 8. The highest BCUT2D eigenvalue weighted by Gasteiger charge is 2.28. The molecule has 224 valence electrons. The molecule has 0 fully saturated rings. The number of hydrogen-bond acceptors (Lipinski definition) is 6. The molecule has 0 saturated heterocycles. The topological polar surface area (TPSA) is 231 Å². The molecule has 0 spiro atoms. The van der Waals surface area contributed by atoms with Crippen LogP contribution in [-0.4, -0.2) is 70.5 Å². The van der Waals surface area contributed by atoms with E-state index in [-0.39, 0.29) is 31.8 Å². The fourth-order valence-electron chi connectivity index (χ4n) is 4.41. The number of carbonyl (C=O) groups excluding carboxylic acids is 3. The Morgan fingerprint density at radius 1 is 0.881 bits per heavy atom. The molecule has 1 aromatic heterocycles. The monoisotopic (exact) mass is 578 g/mol. The van der Waals surface area contributed by atoms with Gasteiger partial charge in [0.25, 0.3) is 0 Å². The number of H-pyrrole nitrogens is 1. The van der Waals surface area contributed by atoms with E-state index >= 15 is 0 Å². The summed E-state index contributed by atoms with van der Waals surface area (Å²) in [7, 11) is 0. The molecule has 0 saturated carbocycles. The van der Waals surface area contributed by atoms with Gasteiger partial charge in [-0.1, -0.05) is 48.5 Å². The highest BCUT2D eigenvalue weighted by molar-refractivity contribution is 5.94. The number of aliphatic imine (C=N–C) groups is 1. The number of nitrogens with zero attached hydrogens (tertiary/aromatic N) is 1. The molecule has 11 N–H and O–H groups in total. The Hall–Kier alpha value is -4.91. The summed E-state index contributed by atoms with van der Waals surface area (Å²) in [5.74, 6) is -3.18. The maximum atomic E-state index is 13.2. The minimum atomic E-state index is -1.23. The number of guanidine groups is 1. The van der Waals surface area contributed by atoms with Gasteiger partial charge in [-0.05, 0) is 43.4 Å². The number of nitrogens with two attached hydrogens (primary N) is 3. The van der Waals surface area contributed by atoms with Crippen LogP contribution in [0.4, 0.5) is 0 Å². The van der Waals surface area contributed by atoms with Crippen LogP contribution < -0.4 is 33.2 Å². The van der Waals surface area contributed by atoms with Crippen molar-refractivity contribution in [3.05, 3.63) is 71.9 Å². The van der Waals surface area contributed by atoms with E-state index in [9.17, 15) is 24.3 Å². The minimum Gasteiger partial charge on any atom is -0.480 e. The Labute approximate surface area is 243 Å². The largest absolute Gasteiger partial charge is 0.480 e. The SMILES string of the molecule is CC(NC(=O)C(CCCN=C(N)N)NC(=O)C(N)Cc1ccccc1)C(=O)NC(Cc1c[nH]c2ccccc12)C(=O)O. The van der Waals surface area contributed by atoms with Gasteiger partial charge >= 0.3 is 5.97 Å². The second-order valence-corrected chi connectivity index (χ2v) is 10.00. The minimum absolute atomic E-state index is 0.0362. The predicted molar refractivity (Wildman–Crippen MR) is 159 cm³/mol. The number of carboxylic acid groups (broad SMARTS) is 1. The van der Waals surface area contributed by atoms with Gasteiger partial charge in [0.1, 0.15) is 18.1 Å². The van der Waals surface area contributed by atoms with E-state index in [1.807, 2.05) is 54.6 Å². The zero-order chi connectivity index (χ0) is 30.6. The quantitative estimate of drug-likeness (QED) is 0.0687. The molecule has 0 aliphatic carbocycles. The maximum Gasteiger partial charge on any atom is 0.326 e. The number of aromatic amines is 1. The summed E-state index contributed by atoms with van der Waals surface area (Å²) in [4.78, 5) is 57.9. The first-order valence-corrected chi connectivity index (χ1v) is 13.6. The van der Waals surface area contributed by atoms with Gasteiger partial charge in [0, 0.05) is 30.1 Å². The van der Waals surface area contributed by atoms with Crippen molar-refractivity contribution in [2.45, 2.75) is 56.8 Å². The number of para-hydroxylation sites is 1. The molecule has 13 heteroatoms. The van der Waals surface area contributed by atoms with Crippen molar-refractivity contribution in [2.75, 3.05) is 6.54 Å². The average Bonchev–Trinajstić information content (AvgIpc) is 3.37. The lowest BCUT2D eigenvalue weighted by molar-refractivity contribution is -0.142. The van der Waals surface area contributed by atoms with Gasteiger partial charge in [0.15, 0.2) is 5.96 Å². The van der Waals surface area contributed by atoms with Gasteiger partial charge < -0.3 is 43.2 Å². The predicted octanol–water partition coefficient (Wildman–Crippen LogP) is -0.107. The van der Waals surface area contributed by atoms with Crippen LogP contribution in [0.1, 0.15) is 30.9 Å². The number of benzene rings is 2. The summed E-state index contributed by atoms with van der Waals surface area (Å²) >= 11 is 0. The Balaban J connectivity index is 1.63. The standard InChI is InChI=1S/C29H38N8O5/c1-17(25(38)37-24(28(41)42)15-19-16-34-22-11-6-5-10-20(19)22)35-27(40)23(12-7-13-33-29(31)32)36-26(39)21(30)14-18-8-3-2-4-9-18/h2-6,8-11,16-17,21,23-24,34H,7,12-15,30H2,1H3,(H,35,40)(H,36,39)(H,37,38)(H,41,42)(H4,31,32,33). The first-order valence-electron chi connectivity index (χ1n) is 13.6. The first kappa shape index (κ1) is 31.6. The van der Waals surface area contributed by atoms with Crippen LogP contribution in [0.5, 0.6) is 0 Å². The molecule has 4 atom stereocenters. The third-order valence-corrected chi connectivity index (χ3v) is 6.68. The van der Waals surface area contributed by atoms with Gasteiger partial charge in [-0.2, -0.15) is 0 Å². The van der Waals surface area contributed by atoms with Crippen molar-refractivity contribution >= 4 is 40.6 Å². The lowest BCUT2D eigenvalue weighted by atomic mass is 10.0. The highest BCUT2D eigenvalue weighted by Crippen LogP contribution is 2.19. The molecule has 3 amide bonds. The molecule has 0 radical (unpaired) electrons. The molecule has 2 aromatic carbocycles. The van der Waals surface area contributed by atoms with Gasteiger partial charge in [0.05, 0.1) is 6.04 Å². The van der Waals surface area contributed by atoms with Crippen LogP contribution in [-0.2, 0) is 32.0 Å². The smallest absolute Gasteiger partial charge is 0.326 e. The number of fused-ring (bicyclic) bond motifs is 1. The van der Waals surface area contributed by atoms with Crippen LogP contribution in [0.3, 0.4) is 0 Å². The van der Waals surface area contributed by atoms with Crippen LogP contribution in [0.15, 0.2) is 65.8 Å². The van der Waals surface area contributed by atoms with Crippen molar-refractivity contribution in [1.29, 1.82) is 0 Å². The summed E-state index contributed by atoms with van der Waals surface area (Å²) in [6.07, 6.45) is 2.53. The number of aromatic nitrogens is 1. The molecule has 3 rings (SSSR count). The van der Waals surface area contributed by atoms with E-state index in [0.29, 0.717) is 6.42 Å². The molecule has 42 heavy (non-hydrogen) atoms. The van der Waals surface area contributed by atoms with Crippen LogP contribution in [0.25, 0.3) is 10.9 Å². The molecule has 0 aliphatic heterocycles. The fraction of sp³-hybridized carbons (Fsp3) is 0.345. The Morgan fingerprint density at radius 3 is 2.24 bits per heavy atom. The molecular weight excluding hydrogens is 540 g/mol. The van der Waals surface area contributed by atoms with Crippen LogP contribution in [0.2, 0.25) is 0 Å². The van der Waals surface area contributed by atoms with Gasteiger partial charge in [-0.15, -0.1) is 0 Å². The third kappa shape index (κ3) is 9.34. The Morgan fingerprint density at radius 2 is 1.55 bits per heavy atom. The number of aliphatic carboxylic acids is 1. The van der Waals surface area contributed by atoms with Gasteiger partial charge in [0.2, 0.25) is 17.7 Å². The maximum absolute atomic E-state index is 13.2. The van der Waals surface area contributed by atoms with E-state index in [1.54, 1.807) is 6.20 Å². The lowest BCUT2D eigenvalue weighted by Crippen LogP contribution is -2.56. The third-order valence-electron chi connectivity index (χ3n) is 6.68. The Bertz CT molecular complexity index is 1400. The first-order chi connectivity index (χ1) is 20.0. The molecule has 3 aromatic rings. The number of nitrogens with one attached hydrogen (secondary N) is 4. The van der Waals surface area contributed by atoms with E-state index in [2.05, 4.69) is 25.9 Å². The number of rotatable bonds is 15. The van der Waals surface area contributed by atoms with Crippen LogP contribution in [0, 0.1) is 0 Å². The molecule has 1 heterocycles. The highest BCUT2D eigenvalue weighted by atomic mass is 16.4. The summed E-state index contributed by atoms with van der Waals surface area (Å²) in [5, 5.41) is 18.3. The van der Waals surface area contributed by atoms with Crippen molar-refractivity contribution in [1.82, 2.24) is 20.9 Å². The summed E-state index contributed by atoms with van der Waals surface area (Å²) in [6.45, 7) is 1.65. The molecule has 13 nitrogen and oxygen atoms in total. The van der Waals surface area contributed by atoms with Crippen LogP contribution >= 0.6 is 0 Å². The molecule has 0 bridgehead atoms. The average molecular weight is 579 g/mol. The van der Waals surface area contributed by atoms with Crippen molar-refractivity contribution in [2.24, 2.45) is 22.2 Å². The molecular formula is C29H38N8O5. The zero-order valence-corrected chi connectivity index (χ0v) is 23.4. The summed E-state index contributed by atoms with van der Waals surface area (Å²) in [6, 6.07) is 12.3. The van der Waals surface area contributed by atoms with E-state index in [4.69, 9.17) is 17.2 Å². The van der Waals surface area contributed by atoms with E-state index < -0.39 is 47.9 Å². The zero-order valence-electron chi connectivity index (χ0n) is 23.4. The number of amides is 3. The summed E-state index contributed by atoms with van der Waals surface area (Å²) in [5.41, 5.74) is 19.3.